The highest BCUT2D eigenvalue weighted by Gasteiger charge is 2.13. The van der Waals surface area contributed by atoms with Gasteiger partial charge in [-0.15, -0.1) is 0 Å². The number of aryl methyl sites for hydroxylation is 2. The predicted molar refractivity (Wildman–Crippen MR) is 107 cm³/mol. The molecule has 5 heteroatoms. The van der Waals surface area contributed by atoms with Crippen molar-refractivity contribution >= 4 is 16.8 Å². The molecule has 27 heavy (non-hydrogen) atoms. The molecular formula is C22H25N3O2. The smallest absolute Gasteiger partial charge is 0.226 e. The predicted octanol–water partition coefficient (Wildman–Crippen LogP) is 3.98. The second kappa shape index (κ2) is 8.16. The molecule has 0 bridgehead atoms. The van der Waals surface area contributed by atoms with Gasteiger partial charge in [0.2, 0.25) is 5.91 Å². The van der Waals surface area contributed by atoms with Crippen LogP contribution in [0.3, 0.4) is 0 Å². The third-order valence-electron chi connectivity index (χ3n) is 4.77. The molecular weight excluding hydrogens is 338 g/mol. The summed E-state index contributed by atoms with van der Waals surface area (Å²) in [4.78, 5) is 23.2. The van der Waals surface area contributed by atoms with E-state index in [9.17, 15) is 4.79 Å². The first kappa shape index (κ1) is 18.8. The van der Waals surface area contributed by atoms with Gasteiger partial charge in [-0.3, -0.25) is 4.79 Å². The van der Waals surface area contributed by atoms with Crippen molar-refractivity contribution in [3.8, 4) is 5.75 Å². The van der Waals surface area contributed by atoms with E-state index in [1.165, 1.54) is 5.56 Å². The number of hydrogen-bond acceptors (Lipinski definition) is 4. The normalized spacial score (nSPS) is 10.8. The second-order valence-electron chi connectivity index (χ2n) is 6.79. The van der Waals surface area contributed by atoms with E-state index in [0.29, 0.717) is 25.4 Å². The zero-order valence-corrected chi connectivity index (χ0v) is 16.3. The van der Waals surface area contributed by atoms with Crippen molar-refractivity contribution in [2.45, 2.75) is 33.7 Å². The minimum atomic E-state index is 0.00900. The Hall–Kier alpha value is -2.95. The molecule has 0 saturated carbocycles. The topological polar surface area (TPSA) is 55.3 Å². The summed E-state index contributed by atoms with van der Waals surface area (Å²) in [5, 5.41) is 1.04. The first-order valence-electron chi connectivity index (χ1n) is 9.11. The molecule has 1 aromatic heterocycles. The van der Waals surface area contributed by atoms with E-state index in [4.69, 9.17) is 4.74 Å². The van der Waals surface area contributed by atoms with Crippen LogP contribution < -0.4 is 4.74 Å². The Balaban J connectivity index is 1.58. The maximum absolute atomic E-state index is 12.4. The number of fused-ring (bicyclic) bond motifs is 1. The molecule has 0 radical (unpaired) electrons. The fraction of sp³-hybridized carbons (Fsp3) is 0.318. The van der Waals surface area contributed by atoms with Crippen LogP contribution in [0.2, 0.25) is 0 Å². The van der Waals surface area contributed by atoms with Crippen LogP contribution >= 0.6 is 0 Å². The Morgan fingerprint density at radius 1 is 1.04 bits per heavy atom. The molecule has 1 amide bonds. The molecule has 0 atom stereocenters. The monoisotopic (exact) mass is 363 g/mol. The van der Waals surface area contributed by atoms with Gasteiger partial charge in [0.1, 0.15) is 11.6 Å². The highest BCUT2D eigenvalue weighted by Crippen LogP contribution is 2.20. The molecule has 0 unspecified atom stereocenters. The van der Waals surface area contributed by atoms with Gasteiger partial charge in [0.25, 0.3) is 0 Å². The molecule has 0 fully saturated rings. The fourth-order valence-corrected chi connectivity index (χ4v) is 2.99. The quantitative estimate of drug-likeness (QED) is 0.665. The summed E-state index contributed by atoms with van der Waals surface area (Å²) in [6, 6.07) is 13.9. The van der Waals surface area contributed by atoms with E-state index in [0.717, 1.165) is 27.9 Å². The van der Waals surface area contributed by atoms with E-state index < -0.39 is 0 Å². The summed E-state index contributed by atoms with van der Waals surface area (Å²) in [5.74, 6) is 1.49. The Morgan fingerprint density at radius 2 is 1.81 bits per heavy atom. The van der Waals surface area contributed by atoms with Gasteiger partial charge >= 0.3 is 0 Å². The van der Waals surface area contributed by atoms with E-state index in [1.54, 1.807) is 11.9 Å². The number of ether oxygens (including phenoxy) is 1. The lowest BCUT2D eigenvalue weighted by Crippen LogP contribution is -2.28. The van der Waals surface area contributed by atoms with Gasteiger partial charge in [0.05, 0.1) is 25.1 Å². The second-order valence-corrected chi connectivity index (χ2v) is 6.79. The number of carbonyl (C=O) groups is 1. The van der Waals surface area contributed by atoms with Crippen LogP contribution in [0.15, 0.2) is 42.5 Å². The SMILES string of the molecule is Cc1cccc(OCCC(=O)N(C)Cc2nc(C)c3ccccc3n2)c1C. The highest BCUT2D eigenvalue weighted by atomic mass is 16.5. The molecule has 0 aliphatic heterocycles. The van der Waals surface area contributed by atoms with Crippen molar-refractivity contribution in [2.24, 2.45) is 0 Å². The number of aromatic nitrogens is 2. The van der Waals surface area contributed by atoms with Crippen molar-refractivity contribution in [3.63, 3.8) is 0 Å². The van der Waals surface area contributed by atoms with E-state index in [1.807, 2.05) is 63.2 Å². The minimum Gasteiger partial charge on any atom is -0.493 e. The van der Waals surface area contributed by atoms with Crippen LogP contribution in [0.4, 0.5) is 0 Å². The van der Waals surface area contributed by atoms with Crippen molar-refractivity contribution in [3.05, 3.63) is 65.1 Å². The number of hydrogen-bond donors (Lipinski definition) is 0. The molecule has 1 heterocycles. The van der Waals surface area contributed by atoms with Gasteiger partial charge in [-0.25, -0.2) is 9.97 Å². The Kier molecular flexibility index (Phi) is 5.69. The molecule has 0 N–H and O–H groups in total. The Labute approximate surface area is 160 Å². The number of nitrogens with zero attached hydrogens (tertiary/aromatic N) is 3. The third kappa shape index (κ3) is 4.42. The average molecular weight is 363 g/mol. The van der Waals surface area contributed by atoms with Crippen LogP contribution in [-0.4, -0.2) is 34.4 Å². The molecule has 0 aliphatic carbocycles. The Morgan fingerprint density at radius 3 is 2.63 bits per heavy atom. The highest BCUT2D eigenvalue weighted by molar-refractivity contribution is 5.80. The van der Waals surface area contributed by atoms with Gasteiger partial charge in [0, 0.05) is 18.1 Å². The number of rotatable bonds is 6. The maximum atomic E-state index is 12.4. The molecule has 0 saturated heterocycles. The van der Waals surface area contributed by atoms with Crippen molar-refractivity contribution in [2.75, 3.05) is 13.7 Å². The van der Waals surface area contributed by atoms with Crippen LogP contribution in [0.25, 0.3) is 10.9 Å². The standard InChI is InChI=1S/C22H25N3O2/c1-15-8-7-11-20(16(15)2)27-13-12-22(26)25(4)14-21-23-17(3)18-9-5-6-10-19(18)24-21/h5-11H,12-14H2,1-4H3. The summed E-state index contributed by atoms with van der Waals surface area (Å²) in [6.45, 7) is 6.77. The summed E-state index contributed by atoms with van der Waals surface area (Å²) in [5.41, 5.74) is 4.12. The first-order chi connectivity index (χ1) is 13.0. The summed E-state index contributed by atoms with van der Waals surface area (Å²) in [7, 11) is 1.77. The number of benzene rings is 2. The number of para-hydroxylation sites is 1. The lowest BCUT2D eigenvalue weighted by molar-refractivity contribution is -0.131. The molecule has 3 aromatic rings. The molecule has 2 aromatic carbocycles. The molecule has 0 aliphatic rings. The third-order valence-corrected chi connectivity index (χ3v) is 4.77. The maximum Gasteiger partial charge on any atom is 0.226 e. The van der Waals surface area contributed by atoms with Gasteiger partial charge in [0.15, 0.2) is 0 Å². The Bertz CT molecular complexity index is 969. The fourth-order valence-electron chi connectivity index (χ4n) is 2.99. The summed E-state index contributed by atoms with van der Waals surface area (Å²) >= 11 is 0. The van der Waals surface area contributed by atoms with Crippen LogP contribution in [0.1, 0.15) is 29.1 Å². The van der Waals surface area contributed by atoms with Crippen molar-refractivity contribution < 1.29 is 9.53 Å². The minimum absolute atomic E-state index is 0.00900. The van der Waals surface area contributed by atoms with Crippen LogP contribution in [0, 0.1) is 20.8 Å². The molecule has 140 valence electrons. The number of carbonyl (C=O) groups excluding carboxylic acids is 1. The van der Waals surface area contributed by atoms with Gasteiger partial charge in [-0.05, 0) is 44.0 Å². The van der Waals surface area contributed by atoms with Gasteiger partial charge < -0.3 is 9.64 Å². The van der Waals surface area contributed by atoms with Crippen LogP contribution in [-0.2, 0) is 11.3 Å². The van der Waals surface area contributed by atoms with Gasteiger partial charge in [-0.2, -0.15) is 0 Å². The van der Waals surface area contributed by atoms with E-state index >= 15 is 0 Å². The lowest BCUT2D eigenvalue weighted by Gasteiger charge is -2.17. The van der Waals surface area contributed by atoms with Crippen molar-refractivity contribution in [1.29, 1.82) is 0 Å². The van der Waals surface area contributed by atoms with Crippen LogP contribution in [0.5, 0.6) is 5.75 Å². The molecule has 3 rings (SSSR count). The summed E-state index contributed by atoms with van der Waals surface area (Å²) in [6.07, 6.45) is 0.316. The molecule has 5 nitrogen and oxygen atoms in total. The van der Waals surface area contributed by atoms with Gasteiger partial charge in [-0.1, -0.05) is 30.3 Å². The molecule has 0 spiro atoms. The first-order valence-corrected chi connectivity index (χ1v) is 9.11. The zero-order chi connectivity index (χ0) is 19.4. The number of amides is 1. The lowest BCUT2D eigenvalue weighted by atomic mass is 10.1. The zero-order valence-electron chi connectivity index (χ0n) is 16.3. The summed E-state index contributed by atoms with van der Waals surface area (Å²) < 4.78 is 5.79. The average Bonchev–Trinajstić information content (AvgIpc) is 2.65. The van der Waals surface area contributed by atoms with Crippen molar-refractivity contribution in [1.82, 2.24) is 14.9 Å². The van der Waals surface area contributed by atoms with E-state index in [2.05, 4.69) is 9.97 Å². The van der Waals surface area contributed by atoms with E-state index in [-0.39, 0.29) is 5.91 Å². The largest absolute Gasteiger partial charge is 0.493 e.